The topological polar surface area (TPSA) is 175 Å². The molecule has 4 rings (SSSR count). The minimum Gasteiger partial charge on any atom is -0.508 e. The molecule has 2 aliphatic heterocycles. The quantitative estimate of drug-likeness (QED) is 0.159. The van der Waals surface area contributed by atoms with Gasteiger partial charge >= 0.3 is 5.97 Å². The monoisotopic (exact) mass is 492 g/mol. The van der Waals surface area contributed by atoms with E-state index in [0.717, 1.165) is 0 Å². The number of benzene rings is 1. The summed E-state index contributed by atoms with van der Waals surface area (Å²) in [5.74, 6) is -1.57. The molecule has 190 valence electrons. The van der Waals surface area contributed by atoms with Gasteiger partial charge in [-0.1, -0.05) is 12.1 Å². The summed E-state index contributed by atoms with van der Waals surface area (Å²) in [5.41, 5.74) is 1.17. The van der Waals surface area contributed by atoms with E-state index in [4.69, 9.17) is 18.9 Å². The Kier molecular flexibility index (Phi) is 7.87. The maximum atomic E-state index is 12.4. The molecule has 11 heteroatoms. The first-order valence-corrected chi connectivity index (χ1v) is 11.1. The average Bonchev–Trinajstić information content (AvgIpc) is 3.22. The van der Waals surface area contributed by atoms with Gasteiger partial charge in [0.05, 0.1) is 25.4 Å². The summed E-state index contributed by atoms with van der Waals surface area (Å²) < 4.78 is 22.3. The minimum absolute atomic E-state index is 0.107. The molecule has 1 aliphatic carbocycles. The van der Waals surface area contributed by atoms with E-state index in [1.54, 1.807) is 24.3 Å². The zero-order chi connectivity index (χ0) is 25.1. The summed E-state index contributed by atoms with van der Waals surface area (Å²) in [6, 6.07) is 6.25. The molecule has 6 N–H and O–H groups in total. The molecule has 2 heterocycles. The number of phenolic OH excluding ortho intramolecular Hbond substituents is 1. The lowest BCUT2D eigenvalue weighted by Gasteiger charge is -2.42. The molecule has 0 unspecified atom stereocenters. The number of hydrogen-bond donors (Lipinski definition) is 6. The van der Waals surface area contributed by atoms with Crippen LogP contribution in [-0.2, 0) is 23.7 Å². The van der Waals surface area contributed by atoms with Crippen molar-refractivity contribution in [1.29, 1.82) is 0 Å². The van der Waals surface area contributed by atoms with E-state index in [-0.39, 0.29) is 12.4 Å². The molecule has 3 aliphatic rings. The standard InChI is InChI=1S/C24H28O11/c25-10-13-9-16(33-18(28)6-3-12-1-4-14(27)5-2-12)15-7-8-32-23(19(13)15)35-24-22(31)21(30)20(29)17(11-26)34-24/h1-9,15-17,19-27,29-31H,10-11H2/t15-,16-,17+,19-,20+,21-,22+,23-,24+/m0/s1. The highest BCUT2D eigenvalue weighted by molar-refractivity contribution is 5.87. The van der Waals surface area contributed by atoms with Crippen LogP contribution in [0.2, 0.25) is 0 Å². The third-order valence-electron chi connectivity index (χ3n) is 6.26. The number of hydrogen-bond acceptors (Lipinski definition) is 11. The number of ether oxygens (including phenoxy) is 4. The lowest BCUT2D eigenvalue weighted by Crippen LogP contribution is -2.60. The van der Waals surface area contributed by atoms with Crippen LogP contribution in [0.5, 0.6) is 5.75 Å². The van der Waals surface area contributed by atoms with Crippen LogP contribution in [0.25, 0.3) is 6.08 Å². The van der Waals surface area contributed by atoms with Crippen molar-refractivity contribution in [3.05, 3.63) is 59.9 Å². The molecule has 0 bridgehead atoms. The third-order valence-corrected chi connectivity index (χ3v) is 6.26. The molecule has 1 aromatic carbocycles. The number of phenols is 1. The van der Waals surface area contributed by atoms with E-state index in [2.05, 4.69) is 0 Å². The largest absolute Gasteiger partial charge is 0.508 e. The number of rotatable bonds is 7. The maximum Gasteiger partial charge on any atom is 0.331 e. The van der Waals surface area contributed by atoms with Crippen molar-refractivity contribution in [3.63, 3.8) is 0 Å². The Balaban J connectivity index is 1.44. The van der Waals surface area contributed by atoms with Crippen molar-refractivity contribution in [2.24, 2.45) is 11.8 Å². The summed E-state index contributed by atoms with van der Waals surface area (Å²) in [4.78, 5) is 12.4. The molecular weight excluding hydrogens is 464 g/mol. The number of aromatic hydroxyl groups is 1. The fraction of sp³-hybridized carbons (Fsp3) is 0.458. The molecule has 0 radical (unpaired) electrons. The van der Waals surface area contributed by atoms with Crippen molar-refractivity contribution in [2.75, 3.05) is 13.2 Å². The molecule has 1 aromatic rings. The normalized spacial score (nSPS) is 36.5. The van der Waals surface area contributed by atoms with Gasteiger partial charge in [-0.25, -0.2) is 4.79 Å². The maximum absolute atomic E-state index is 12.4. The Morgan fingerprint density at radius 3 is 2.46 bits per heavy atom. The van der Waals surface area contributed by atoms with Crippen molar-refractivity contribution in [2.45, 2.75) is 43.1 Å². The zero-order valence-electron chi connectivity index (χ0n) is 18.5. The van der Waals surface area contributed by atoms with Gasteiger partial charge < -0.3 is 49.6 Å². The Bertz CT molecular complexity index is 970. The molecule has 11 nitrogen and oxygen atoms in total. The molecule has 0 spiro atoms. The number of carbonyl (C=O) groups excluding carboxylic acids is 1. The number of carbonyl (C=O) groups is 1. The van der Waals surface area contributed by atoms with Gasteiger partial charge in [-0.2, -0.15) is 0 Å². The van der Waals surface area contributed by atoms with E-state index in [1.165, 1.54) is 30.5 Å². The first-order valence-electron chi connectivity index (χ1n) is 11.1. The zero-order valence-corrected chi connectivity index (χ0v) is 18.5. The van der Waals surface area contributed by atoms with Crippen molar-refractivity contribution in [3.8, 4) is 5.75 Å². The summed E-state index contributed by atoms with van der Waals surface area (Å²) in [6.07, 6.45) is -1.79. The van der Waals surface area contributed by atoms with Crippen molar-refractivity contribution < 1.29 is 54.4 Å². The summed E-state index contributed by atoms with van der Waals surface area (Å²) in [7, 11) is 0. The minimum atomic E-state index is -1.62. The van der Waals surface area contributed by atoms with Gasteiger partial charge in [0.25, 0.3) is 0 Å². The number of fused-ring (bicyclic) bond motifs is 1. The molecular formula is C24H28O11. The van der Waals surface area contributed by atoms with E-state index >= 15 is 0 Å². The molecule has 35 heavy (non-hydrogen) atoms. The Hall–Kier alpha value is -2.77. The third kappa shape index (κ3) is 5.41. The Morgan fingerprint density at radius 1 is 1.03 bits per heavy atom. The average molecular weight is 492 g/mol. The van der Waals surface area contributed by atoms with Crippen LogP contribution in [0.4, 0.5) is 0 Å². The summed E-state index contributed by atoms with van der Waals surface area (Å²) >= 11 is 0. The molecule has 1 fully saturated rings. The number of aliphatic hydroxyl groups excluding tert-OH is 5. The first kappa shape index (κ1) is 25.3. The van der Waals surface area contributed by atoms with E-state index in [9.17, 15) is 35.4 Å². The second-order valence-corrected chi connectivity index (χ2v) is 8.50. The number of aliphatic hydroxyl groups is 5. The highest BCUT2D eigenvalue weighted by atomic mass is 16.8. The van der Waals surface area contributed by atoms with Crippen LogP contribution >= 0.6 is 0 Å². The van der Waals surface area contributed by atoms with Crippen LogP contribution in [0.1, 0.15) is 5.56 Å². The predicted octanol–water partition coefficient (Wildman–Crippen LogP) is -0.832. The second kappa shape index (κ2) is 10.9. The predicted molar refractivity (Wildman–Crippen MR) is 118 cm³/mol. The van der Waals surface area contributed by atoms with Crippen LogP contribution in [0.15, 0.2) is 54.3 Å². The smallest absolute Gasteiger partial charge is 0.331 e. The fourth-order valence-electron chi connectivity index (χ4n) is 4.39. The van der Waals surface area contributed by atoms with Gasteiger partial charge in [0.2, 0.25) is 6.29 Å². The second-order valence-electron chi connectivity index (χ2n) is 8.50. The lowest BCUT2D eigenvalue weighted by molar-refractivity contribution is -0.339. The van der Waals surface area contributed by atoms with Gasteiger partial charge in [0.15, 0.2) is 6.29 Å². The van der Waals surface area contributed by atoms with Gasteiger partial charge in [-0.3, -0.25) is 0 Å². The summed E-state index contributed by atoms with van der Waals surface area (Å²) in [6.45, 7) is -0.982. The number of esters is 1. The Morgan fingerprint density at radius 2 is 1.77 bits per heavy atom. The molecule has 0 amide bonds. The molecule has 0 saturated carbocycles. The van der Waals surface area contributed by atoms with E-state index in [1.807, 2.05) is 0 Å². The van der Waals surface area contributed by atoms with Gasteiger partial charge in [0, 0.05) is 12.0 Å². The SMILES string of the molecule is O=C(C=Cc1ccc(O)cc1)O[C@H]1C=C(CO)[C@@H]2[C@H](O[C@H]3O[C@H](CO)[C@@H](O)[C@H](O)[C@H]3O)OC=C[C@H]21. The van der Waals surface area contributed by atoms with Crippen molar-refractivity contribution in [1.82, 2.24) is 0 Å². The van der Waals surface area contributed by atoms with Crippen molar-refractivity contribution >= 4 is 12.0 Å². The lowest BCUT2D eigenvalue weighted by atomic mass is 9.88. The Labute approximate surface area is 200 Å². The molecule has 9 atom stereocenters. The fourth-order valence-corrected chi connectivity index (χ4v) is 4.39. The molecule has 0 aromatic heterocycles. The van der Waals surface area contributed by atoms with Gasteiger partial charge in [-0.15, -0.1) is 0 Å². The van der Waals surface area contributed by atoms with Gasteiger partial charge in [-0.05, 0) is 41.5 Å². The van der Waals surface area contributed by atoms with E-state index in [0.29, 0.717) is 11.1 Å². The van der Waals surface area contributed by atoms with Crippen LogP contribution in [0.3, 0.4) is 0 Å². The highest BCUT2D eigenvalue weighted by Gasteiger charge is 2.49. The van der Waals surface area contributed by atoms with Crippen LogP contribution in [-0.4, -0.2) is 92.9 Å². The highest BCUT2D eigenvalue weighted by Crippen LogP contribution is 2.42. The van der Waals surface area contributed by atoms with E-state index < -0.39 is 67.5 Å². The first-order chi connectivity index (χ1) is 16.8. The van der Waals surface area contributed by atoms with Crippen LogP contribution in [0, 0.1) is 11.8 Å². The van der Waals surface area contributed by atoms with Gasteiger partial charge in [0.1, 0.15) is 36.3 Å². The summed E-state index contributed by atoms with van der Waals surface area (Å²) in [5, 5.41) is 58.9. The van der Waals surface area contributed by atoms with Crippen LogP contribution < -0.4 is 0 Å². The molecule has 1 saturated heterocycles.